The first-order chi connectivity index (χ1) is 8.16. The number of hydrogen-bond acceptors (Lipinski definition) is 3. The Morgan fingerprint density at radius 1 is 1.29 bits per heavy atom. The number of carboxylic acid groups (broad SMARTS) is 1. The van der Waals surface area contributed by atoms with E-state index in [4.69, 9.17) is 5.11 Å². The molecule has 2 rings (SSSR count). The second-order valence-corrected chi connectivity index (χ2v) is 4.28. The molecule has 3 nitrogen and oxygen atoms in total. The van der Waals surface area contributed by atoms with Crippen molar-refractivity contribution in [2.45, 2.75) is 9.92 Å². The van der Waals surface area contributed by atoms with Gasteiger partial charge < -0.3 is 5.11 Å². The Morgan fingerprint density at radius 2 is 2.12 bits per heavy atom. The van der Waals surface area contributed by atoms with Gasteiger partial charge in [-0.3, -0.25) is 0 Å². The van der Waals surface area contributed by atoms with E-state index in [1.807, 2.05) is 0 Å². The molecule has 0 unspecified atom stereocenters. The Kier molecular flexibility index (Phi) is 3.39. The summed E-state index contributed by atoms with van der Waals surface area (Å²) in [5, 5.41) is 9.64. The van der Waals surface area contributed by atoms with E-state index in [0.29, 0.717) is 9.92 Å². The molecule has 17 heavy (non-hydrogen) atoms. The van der Waals surface area contributed by atoms with Crippen molar-refractivity contribution < 1.29 is 14.3 Å². The van der Waals surface area contributed by atoms with Crippen LogP contribution in [0.4, 0.5) is 4.39 Å². The first-order valence-corrected chi connectivity index (χ1v) is 5.60. The SMILES string of the molecule is O=C(O)c1cc(F)ccc1Sc1ccccn1. The lowest BCUT2D eigenvalue weighted by molar-refractivity contribution is 0.0692. The Balaban J connectivity index is 2.36. The highest BCUT2D eigenvalue weighted by atomic mass is 32.2. The van der Waals surface area contributed by atoms with Crippen LogP contribution in [-0.4, -0.2) is 16.1 Å². The molecular weight excluding hydrogens is 241 g/mol. The van der Waals surface area contributed by atoms with Gasteiger partial charge in [0.05, 0.1) is 5.56 Å². The van der Waals surface area contributed by atoms with Crippen LogP contribution in [0, 0.1) is 5.82 Å². The third-order valence-electron chi connectivity index (χ3n) is 2.02. The fourth-order valence-electron chi connectivity index (χ4n) is 1.28. The molecule has 0 saturated carbocycles. The van der Waals surface area contributed by atoms with E-state index in [1.165, 1.54) is 23.9 Å². The number of nitrogens with zero attached hydrogens (tertiary/aromatic N) is 1. The van der Waals surface area contributed by atoms with E-state index >= 15 is 0 Å². The molecule has 1 aromatic heterocycles. The van der Waals surface area contributed by atoms with E-state index in [0.717, 1.165) is 6.07 Å². The van der Waals surface area contributed by atoms with Crippen LogP contribution in [-0.2, 0) is 0 Å². The molecule has 86 valence electrons. The molecule has 0 radical (unpaired) electrons. The van der Waals surface area contributed by atoms with Crippen molar-refractivity contribution >= 4 is 17.7 Å². The molecule has 1 N–H and O–H groups in total. The summed E-state index contributed by atoms with van der Waals surface area (Å²) in [5.74, 6) is -1.71. The number of aromatic nitrogens is 1. The van der Waals surface area contributed by atoms with E-state index < -0.39 is 11.8 Å². The number of hydrogen-bond donors (Lipinski definition) is 1. The van der Waals surface area contributed by atoms with Crippen LogP contribution < -0.4 is 0 Å². The number of halogens is 1. The molecule has 1 aromatic carbocycles. The van der Waals surface area contributed by atoms with Gasteiger partial charge in [-0.2, -0.15) is 0 Å². The topological polar surface area (TPSA) is 50.2 Å². The molecule has 0 atom stereocenters. The standard InChI is InChI=1S/C12H8FNO2S/c13-8-4-5-10(9(7-8)12(15)16)17-11-3-1-2-6-14-11/h1-7H,(H,15,16). The molecule has 0 aliphatic carbocycles. The third-order valence-corrected chi connectivity index (χ3v) is 3.05. The first kappa shape index (κ1) is 11.6. The van der Waals surface area contributed by atoms with Crippen molar-refractivity contribution in [3.8, 4) is 0 Å². The van der Waals surface area contributed by atoms with Gasteiger partial charge in [0.25, 0.3) is 0 Å². The highest BCUT2D eigenvalue weighted by molar-refractivity contribution is 7.99. The average molecular weight is 249 g/mol. The molecule has 0 spiro atoms. The zero-order valence-electron chi connectivity index (χ0n) is 8.63. The monoisotopic (exact) mass is 249 g/mol. The van der Waals surface area contributed by atoms with Crippen molar-refractivity contribution in [2.24, 2.45) is 0 Å². The zero-order valence-corrected chi connectivity index (χ0v) is 9.45. The van der Waals surface area contributed by atoms with Gasteiger partial charge >= 0.3 is 5.97 Å². The molecule has 0 amide bonds. The predicted molar refractivity (Wildman–Crippen MR) is 61.7 cm³/mol. The van der Waals surface area contributed by atoms with Crippen molar-refractivity contribution in [1.29, 1.82) is 0 Å². The number of benzene rings is 1. The average Bonchev–Trinajstić information content (AvgIpc) is 2.32. The Morgan fingerprint density at radius 3 is 2.76 bits per heavy atom. The summed E-state index contributed by atoms with van der Waals surface area (Å²) in [6.45, 7) is 0. The molecule has 0 fully saturated rings. The fourth-order valence-corrected chi connectivity index (χ4v) is 2.16. The summed E-state index contributed by atoms with van der Waals surface area (Å²) in [6.07, 6.45) is 1.62. The molecule has 1 heterocycles. The molecular formula is C12H8FNO2S. The van der Waals surface area contributed by atoms with Gasteiger partial charge in [-0.15, -0.1) is 0 Å². The summed E-state index contributed by atoms with van der Waals surface area (Å²) in [4.78, 5) is 15.5. The third kappa shape index (κ3) is 2.82. The fraction of sp³-hybridized carbons (Fsp3) is 0. The lowest BCUT2D eigenvalue weighted by atomic mass is 10.2. The van der Waals surface area contributed by atoms with Crippen LogP contribution in [0.5, 0.6) is 0 Å². The summed E-state index contributed by atoms with van der Waals surface area (Å²) in [7, 11) is 0. The molecule has 0 aliphatic rings. The smallest absolute Gasteiger partial charge is 0.336 e. The number of carboxylic acids is 1. The van der Waals surface area contributed by atoms with Gasteiger partial charge in [0.15, 0.2) is 0 Å². The van der Waals surface area contributed by atoms with Crippen LogP contribution in [0.2, 0.25) is 0 Å². The van der Waals surface area contributed by atoms with Gasteiger partial charge in [0, 0.05) is 11.1 Å². The Hall–Kier alpha value is -1.88. The zero-order chi connectivity index (χ0) is 12.3. The molecule has 0 aliphatic heterocycles. The van der Waals surface area contributed by atoms with Crippen molar-refractivity contribution in [3.63, 3.8) is 0 Å². The van der Waals surface area contributed by atoms with Crippen molar-refractivity contribution in [3.05, 3.63) is 54.0 Å². The number of pyridine rings is 1. The maximum absolute atomic E-state index is 13.0. The summed E-state index contributed by atoms with van der Waals surface area (Å²) in [5.41, 5.74) is -0.0550. The molecule has 5 heteroatoms. The lowest BCUT2D eigenvalue weighted by Crippen LogP contribution is -1.99. The van der Waals surface area contributed by atoms with E-state index in [-0.39, 0.29) is 5.56 Å². The summed E-state index contributed by atoms with van der Waals surface area (Å²) in [6, 6.07) is 9.02. The van der Waals surface area contributed by atoms with E-state index in [9.17, 15) is 9.18 Å². The van der Waals surface area contributed by atoms with Crippen LogP contribution >= 0.6 is 11.8 Å². The maximum Gasteiger partial charge on any atom is 0.336 e. The van der Waals surface area contributed by atoms with Crippen LogP contribution in [0.1, 0.15) is 10.4 Å². The highest BCUT2D eigenvalue weighted by Gasteiger charge is 2.12. The van der Waals surface area contributed by atoms with E-state index in [2.05, 4.69) is 4.98 Å². The number of rotatable bonds is 3. The number of aromatic carboxylic acids is 1. The first-order valence-electron chi connectivity index (χ1n) is 4.78. The van der Waals surface area contributed by atoms with Crippen LogP contribution in [0.25, 0.3) is 0 Å². The molecule has 2 aromatic rings. The Bertz CT molecular complexity index is 545. The lowest BCUT2D eigenvalue weighted by Gasteiger charge is -2.04. The van der Waals surface area contributed by atoms with Crippen molar-refractivity contribution in [2.75, 3.05) is 0 Å². The van der Waals surface area contributed by atoms with Crippen LogP contribution in [0.3, 0.4) is 0 Å². The maximum atomic E-state index is 13.0. The normalized spacial score (nSPS) is 10.2. The summed E-state index contributed by atoms with van der Waals surface area (Å²) >= 11 is 1.19. The highest BCUT2D eigenvalue weighted by Crippen LogP contribution is 2.29. The van der Waals surface area contributed by atoms with Gasteiger partial charge in [-0.05, 0) is 30.3 Å². The van der Waals surface area contributed by atoms with Gasteiger partial charge in [0.1, 0.15) is 10.8 Å². The summed E-state index contributed by atoms with van der Waals surface area (Å²) < 4.78 is 13.0. The minimum Gasteiger partial charge on any atom is -0.478 e. The number of carbonyl (C=O) groups is 1. The van der Waals surface area contributed by atoms with Gasteiger partial charge in [0.2, 0.25) is 0 Å². The second kappa shape index (κ2) is 4.97. The largest absolute Gasteiger partial charge is 0.478 e. The predicted octanol–water partition coefficient (Wildman–Crippen LogP) is 3.07. The van der Waals surface area contributed by atoms with E-state index in [1.54, 1.807) is 24.4 Å². The quantitative estimate of drug-likeness (QED) is 0.908. The minimum absolute atomic E-state index is 0.0550. The minimum atomic E-state index is -1.15. The van der Waals surface area contributed by atoms with Crippen molar-refractivity contribution in [1.82, 2.24) is 4.98 Å². The Labute approximate surface area is 101 Å². The van der Waals surface area contributed by atoms with Crippen LogP contribution in [0.15, 0.2) is 52.5 Å². The molecule has 0 saturated heterocycles. The van der Waals surface area contributed by atoms with Gasteiger partial charge in [-0.1, -0.05) is 17.8 Å². The molecule has 0 bridgehead atoms. The second-order valence-electron chi connectivity index (χ2n) is 3.22. The van der Waals surface area contributed by atoms with Gasteiger partial charge in [-0.25, -0.2) is 14.2 Å².